The van der Waals surface area contributed by atoms with Crippen molar-refractivity contribution < 1.29 is 14.3 Å². The molecule has 4 heteroatoms. The number of nitrogens with zero attached hydrogens (tertiary/aromatic N) is 1. The molecule has 1 saturated heterocycles. The van der Waals surface area contributed by atoms with E-state index in [2.05, 4.69) is 20.8 Å². The van der Waals surface area contributed by atoms with E-state index in [4.69, 9.17) is 4.74 Å². The number of carbonyl (C=O) groups excluding carboxylic acids is 2. The second-order valence-electron chi connectivity index (χ2n) is 6.96. The highest BCUT2D eigenvalue weighted by atomic mass is 16.5. The lowest BCUT2D eigenvalue weighted by atomic mass is 9.90. The summed E-state index contributed by atoms with van der Waals surface area (Å²) >= 11 is 0. The van der Waals surface area contributed by atoms with E-state index in [1.54, 1.807) is 0 Å². The zero-order chi connectivity index (χ0) is 14.2. The molecule has 0 unspecified atom stereocenters. The average Bonchev–Trinajstić information content (AvgIpc) is 2.85. The van der Waals surface area contributed by atoms with Gasteiger partial charge >= 0.3 is 5.97 Å². The first kappa shape index (κ1) is 14.4. The largest absolute Gasteiger partial charge is 0.464 e. The van der Waals surface area contributed by atoms with Crippen molar-refractivity contribution in [1.82, 2.24) is 4.90 Å². The monoisotopic (exact) mass is 267 g/mol. The van der Waals surface area contributed by atoms with Crippen LogP contribution in [0.1, 0.15) is 53.4 Å². The summed E-state index contributed by atoms with van der Waals surface area (Å²) in [5.74, 6) is 0.211. The Morgan fingerprint density at radius 1 is 1.26 bits per heavy atom. The van der Waals surface area contributed by atoms with Gasteiger partial charge in [-0.1, -0.05) is 20.8 Å². The summed E-state index contributed by atoms with van der Waals surface area (Å²) in [7, 11) is 0. The lowest BCUT2D eigenvalue weighted by Gasteiger charge is -2.35. The van der Waals surface area contributed by atoms with E-state index in [1.165, 1.54) is 0 Å². The van der Waals surface area contributed by atoms with Crippen LogP contribution in [0.3, 0.4) is 0 Å². The van der Waals surface area contributed by atoms with E-state index in [0.29, 0.717) is 18.9 Å². The molecule has 1 aliphatic carbocycles. The molecule has 0 aromatic rings. The van der Waals surface area contributed by atoms with Crippen molar-refractivity contribution in [3.8, 4) is 0 Å². The van der Waals surface area contributed by atoms with Crippen LogP contribution < -0.4 is 0 Å². The molecule has 1 heterocycles. The smallest absolute Gasteiger partial charge is 0.329 e. The van der Waals surface area contributed by atoms with E-state index in [0.717, 1.165) is 19.3 Å². The maximum atomic E-state index is 12.5. The first-order chi connectivity index (χ1) is 8.83. The predicted molar refractivity (Wildman–Crippen MR) is 72.5 cm³/mol. The highest BCUT2D eigenvalue weighted by molar-refractivity contribution is 5.86. The Morgan fingerprint density at radius 2 is 1.95 bits per heavy atom. The standard InChI is InChI=1S/C15H25NO3/c1-5-19-14(18)13-10-6-7-11(8-10)16(13)12(17)9-15(2,3)4/h10-11,13H,5-9H2,1-4H3/t10-,11+,13-/m0/s1. The third-order valence-corrected chi connectivity index (χ3v) is 4.08. The molecule has 1 amide bonds. The van der Waals surface area contributed by atoms with Gasteiger partial charge in [0.2, 0.25) is 5.91 Å². The highest BCUT2D eigenvalue weighted by Crippen LogP contribution is 2.43. The summed E-state index contributed by atoms with van der Waals surface area (Å²) in [5, 5.41) is 0. The molecule has 0 radical (unpaired) electrons. The van der Waals surface area contributed by atoms with E-state index in [9.17, 15) is 9.59 Å². The van der Waals surface area contributed by atoms with Crippen LogP contribution in [0.25, 0.3) is 0 Å². The Hall–Kier alpha value is -1.06. The van der Waals surface area contributed by atoms with Crippen LogP contribution in [0.5, 0.6) is 0 Å². The number of fused-ring (bicyclic) bond motifs is 2. The van der Waals surface area contributed by atoms with Gasteiger partial charge in [-0.2, -0.15) is 0 Å². The molecule has 19 heavy (non-hydrogen) atoms. The molecule has 2 bridgehead atoms. The van der Waals surface area contributed by atoms with Gasteiger partial charge in [-0.3, -0.25) is 4.79 Å². The summed E-state index contributed by atoms with van der Waals surface area (Å²) in [6.07, 6.45) is 3.55. The lowest BCUT2D eigenvalue weighted by molar-refractivity contribution is -0.157. The van der Waals surface area contributed by atoms with Gasteiger partial charge in [-0.25, -0.2) is 4.79 Å². The maximum Gasteiger partial charge on any atom is 0.329 e. The number of esters is 1. The van der Waals surface area contributed by atoms with Crippen molar-refractivity contribution >= 4 is 11.9 Å². The Bertz CT molecular complexity index is 372. The summed E-state index contributed by atoms with van der Waals surface area (Å²) < 4.78 is 5.16. The molecule has 0 spiro atoms. The number of likely N-dealkylation sites (tertiary alicyclic amines) is 1. The average molecular weight is 267 g/mol. The summed E-state index contributed by atoms with van der Waals surface area (Å²) in [5.41, 5.74) is -0.0435. The van der Waals surface area contributed by atoms with Crippen LogP contribution in [0, 0.1) is 11.3 Å². The molecule has 0 N–H and O–H groups in total. The van der Waals surface area contributed by atoms with E-state index < -0.39 is 0 Å². The van der Waals surface area contributed by atoms with Gasteiger partial charge in [-0.05, 0) is 37.5 Å². The molecule has 108 valence electrons. The zero-order valence-electron chi connectivity index (χ0n) is 12.4. The molecule has 1 aliphatic heterocycles. The van der Waals surface area contributed by atoms with Gasteiger partial charge in [0.05, 0.1) is 6.61 Å². The van der Waals surface area contributed by atoms with Crippen LogP contribution in [0.15, 0.2) is 0 Å². The number of amides is 1. The first-order valence-corrected chi connectivity index (χ1v) is 7.31. The second-order valence-corrected chi connectivity index (χ2v) is 6.96. The van der Waals surface area contributed by atoms with Crippen LogP contribution in [-0.2, 0) is 14.3 Å². The zero-order valence-corrected chi connectivity index (χ0v) is 12.4. The molecule has 2 aliphatic rings. The molecule has 2 fully saturated rings. The van der Waals surface area contributed by atoms with Crippen molar-refractivity contribution in [1.29, 1.82) is 0 Å². The van der Waals surface area contributed by atoms with Crippen LogP contribution in [-0.4, -0.2) is 35.5 Å². The fraction of sp³-hybridized carbons (Fsp3) is 0.867. The van der Waals surface area contributed by atoms with Crippen molar-refractivity contribution in [3.05, 3.63) is 0 Å². The summed E-state index contributed by atoms with van der Waals surface area (Å²) in [6, 6.07) is -0.0668. The van der Waals surface area contributed by atoms with E-state index in [1.807, 2.05) is 11.8 Å². The quantitative estimate of drug-likeness (QED) is 0.737. The van der Waals surface area contributed by atoms with E-state index >= 15 is 0 Å². The minimum absolute atomic E-state index is 0.0435. The number of piperidine rings is 1. The molecule has 1 saturated carbocycles. The number of ether oxygens (including phenoxy) is 1. The summed E-state index contributed by atoms with van der Waals surface area (Å²) in [4.78, 5) is 26.4. The minimum Gasteiger partial charge on any atom is -0.464 e. The Balaban J connectivity index is 2.12. The lowest BCUT2D eigenvalue weighted by Crippen LogP contribution is -2.50. The molecule has 0 aromatic heterocycles. The van der Waals surface area contributed by atoms with E-state index in [-0.39, 0.29) is 29.4 Å². The van der Waals surface area contributed by atoms with Crippen molar-refractivity contribution in [3.63, 3.8) is 0 Å². The Morgan fingerprint density at radius 3 is 2.53 bits per heavy atom. The van der Waals surface area contributed by atoms with Gasteiger partial charge in [0.25, 0.3) is 0 Å². The third-order valence-electron chi connectivity index (χ3n) is 4.08. The Labute approximate surface area is 115 Å². The SMILES string of the molecule is CCOC(=O)[C@@H]1[C@H]2CC[C@H](C2)N1C(=O)CC(C)(C)C. The Kier molecular flexibility index (Phi) is 3.88. The molecule has 0 aromatic carbocycles. The third kappa shape index (κ3) is 2.93. The summed E-state index contributed by atoms with van der Waals surface area (Å²) in [6.45, 7) is 8.36. The van der Waals surface area contributed by atoms with Gasteiger partial charge in [0, 0.05) is 12.5 Å². The topological polar surface area (TPSA) is 46.6 Å². The van der Waals surface area contributed by atoms with Crippen LogP contribution >= 0.6 is 0 Å². The molecule has 4 nitrogen and oxygen atoms in total. The minimum atomic E-state index is -0.325. The predicted octanol–water partition coefficient (Wildman–Crippen LogP) is 2.37. The fourth-order valence-corrected chi connectivity index (χ4v) is 3.42. The van der Waals surface area contributed by atoms with Gasteiger partial charge in [-0.15, -0.1) is 0 Å². The molecular formula is C15H25NO3. The number of hydrogen-bond donors (Lipinski definition) is 0. The van der Waals surface area contributed by atoms with Crippen molar-refractivity contribution in [2.45, 2.75) is 65.5 Å². The number of rotatable bonds is 3. The van der Waals surface area contributed by atoms with Gasteiger partial charge < -0.3 is 9.64 Å². The molecule has 3 atom stereocenters. The second kappa shape index (κ2) is 5.14. The molecule has 2 rings (SSSR count). The first-order valence-electron chi connectivity index (χ1n) is 7.31. The molecular weight excluding hydrogens is 242 g/mol. The normalized spacial score (nSPS) is 29.7. The number of hydrogen-bond acceptors (Lipinski definition) is 3. The van der Waals surface area contributed by atoms with Gasteiger partial charge in [0.15, 0.2) is 0 Å². The fourth-order valence-electron chi connectivity index (χ4n) is 3.42. The van der Waals surface area contributed by atoms with Crippen LogP contribution in [0.2, 0.25) is 0 Å². The van der Waals surface area contributed by atoms with Crippen LogP contribution in [0.4, 0.5) is 0 Å². The van der Waals surface area contributed by atoms with Crippen molar-refractivity contribution in [2.75, 3.05) is 6.61 Å². The van der Waals surface area contributed by atoms with Crippen molar-refractivity contribution in [2.24, 2.45) is 11.3 Å². The number of carbonyl (C=O) groups is 2. The maximum absolute atomic E-state index is 12.5. The highest BCUT2D eigenvalue weighted by Gasteiger charge is 2.52. The van der Waals surface area contributed by atoms with Gasteiger partial charge in [0.1, 0.15) is 6.04 Å².